The minimum Gasteiger partial charge on any atom is -0.464 e. The number of amides is 1. The van der Waals surface area contributed by atoms with Gasteiger partial charge >= 0.3 is 6.09 Å². The Morgan fingerprint density at radius 2 is 1.78 bits per heavy atom. The summed E-state index contributed by atoms with van der Waals surface area (Å²) in [7, 11) is 0. The van der Waals surface area contributed by atoms with Crippen LogP contribution in [0.4, 0.5) is 4.79 Å². The van der Waals surface area contributed by atoms with Crippen molar-refractivity contribution in [3.05, 3.63) is 36.1 Å². The highest BCUT2D eigenvalue weighted by Crippen LogP contribution is 2.40. The van der Waals surface area contributed by atoms with Crippen LogP contribution in [-0.2, 0) is 4.74 Å². The lowest BCUT2D eigenvalue weighted by Gasteiger charge is -2.48. The SMILES string of the molecule is CC(C)(C)OC(=O)N1C2CCCC1CC(C(=O)c1coc3ccccc13)C2. The van der Waals surface area contributed by atoms with Gasteiger partial charge < -0.3 is 14.1 Å². The summed E-state index contributed by atoms with van der Waals surface area (Å²) < 4.78 is 11.2. The number of benzene rings is 1. The van der Waals surface area contributed by atoms with Crippen LogP contribution in [0.1, 0.15) is 63.2 Å². The molecule has 4 rings (SSSR count). The maximum Gasteiger partial charge on any atom is 0.410 e. The third-order valence-corrected chi connectivity index (χ3v) is 5.70. The zero-order valence-corrected chi connectivity index (χ0v) is 16.2. The Morgan fingerprint density at radius 1 is 1.11 bits per heavy atom. The predicted molar refractivity (Wildman–Crippen MR) is 103 cm³/mol. The topological polar surface area (TPSA) is 59.8 Å². The molecule has 1 aromatic heterocycles. The maximum atomic E-state index is 13.2. The zero-order valence-electron chi connectivity index (χ0n) is 16.2. The van der Waals surface area contributed by atoms with Gasteiger partial charge in [-0.1, -0.05) is 18.2 Å². The van der Waals surface area contributed by atoms with Gasteiger partial charge in [-0.05, 0) is 58.9 Å². The molecule has 27 heavy (non-hydrogen) atoms. The van der Waals surface area contributed by atoms with Crippen molar-refractivity contribution in [1.29, 1.82) is 0 Å². The Labute approximate surface area is 159 Å². The van der Waals surface area contributed by atoms with Crippen LogP contribution in [0.5, 0.6) is 0 Å². The lowest BCUT2D eigenvalue weighted by atomic mass is 9.76. The van der Waals surface area contributed by atoms with Crippen molar-refractivity contribution in [2.75, 3.05) is 0 Å². The van der Waals surface area contributed by atoms with Gasteiger partial charge in [0.1, 0.15) is 17.4 Å². The van der Waals surface area contributed by atoms with Gasteiger partial charge in [0.25, 0.3) is 0 Å². The number of carbonyl (C=O) groups is 2. The number of piperidine rings is 2. The van der Waals surface area contributed by atoms with E-state index < -0.39 is 5.60 Å². The van der Waals surface area contributed by atoms with Gasteiger partial charge in [0, 0.05) is 23.4 Å². The van der Waals surface area contributed by atoms with E-state index >= 15 is 0 Å². The van der Waals surface area contributed by atoms with Crippen molar-refractivity contribution in [3.8, 4) is 0 Å². The molecule has 5 nitrogen and oxygen atoms in total. The van der Waals surface area contributed by atoms with E-state index in [1.807, 2.05) is 49.9 Å². The number of fused-ring (bicyclic) bond motifs is 3. The highest BCUT2D eigenvalue weighted by atomic mass is 16.6. The number of ketones is 1. The number of hydrogen-bond donors (Lipinski definition) is 0. The summed E-state index contributed by atoms with van der Waals surface area (Å²) in [5.41, 5.74) is 0.903. The Kier molecular flexibility index (Phi) is 4.49. The number of rotatable bonds is 2. The minimum atomic E-state index is -0.506. The van der Waals surface area contributed by atoms with Crippen molar-refractivity contribution >= 4 is 22.8 Å². The number of hydrogen-bond acceptors (Lipinski definition) is 4. The molecule has 1 amide bonds. The van der Waals surface area contributed by atoms with E-state index in [1.54, 1.807) is 6.26 Å². The van der Waals surface area contributed by atoms with E-state index in [0.717, 1.165) is 30.2 Å². The molecule has 0 N–H and O–H groups in total. The number of nitrogens with zero attached hydrogens (tertiary/aromatic N) is 1. The fourth-order valence-corrected chi connectivity index (χ4v) is 4.60. The molecule has 0 spiro atoms. The molecule has 1 aromatic carbocycles. The van der Waals surface area contributed by atoms with Crippen LogP contribution in [0.2, 0.25) is 0 Å². The van der Waals surface area contributed by atoms with Crippen LogP contribution in [0.25, 0.3) is 11.0 Å². The first-order chi connectivity index (χ1) is 12.8. The van der Waals surface area contributed by atoms with Crippen molar-refractivity contribution in [1.82, 2.24) is 4.90 Å². The fraction of sp³-hybridized carbons (Fsp3) is 0.545. The van der Waals surface area contributed by atoms with E-state index in [9.17, 15) is 9.59 Å². The van der Waals surface area contributed by atoms with Gasteiger partial charge in [-0.25, -0.2) is 4.79 Å². The number of furan rings is 1. The summed E-state index contributed by atoms with van der Waals surface area (Å²) in [6.45, 7) is 5.67. The molecule has 0 aliphatic carbocycles. The first-order valence-electron chi connectivity index (χ1n) is 9.85. The van der Waals surface area contributed by atoms with Crippen molar-refractivity contribution < 1.29 is 18.7 Å². The monoisotopic (exact) mass is 369 g/mol. The minimum absolute atomic E-state index is 0.0695. The molecule has 2 aromatic rings. The Hall–Kier alpha value is -2.30. The molecule has 0 saturated carbocycles. The second-order valence-corrected chi connectivity index (χ2v) is 8.80. The average molecular weight is 369 g/mol. The second kappa shape index (κ2) is 6.70. The van der Waals surface area contributed by atoms with Crippen molar-refractivity contribution in [2.24, 2.45) is 5.92 Å². The lowest BCUT2D eigenvalue weighted by Crippen LogP contribution is -2.56. The Balaban J connectivity index is 1.54. The number of ether oxygens (including phenoxy) is 1. The quantitative estimate of drug-likeness (QED) is 0.684. The van der Waals surface area contributed by atoms with Crippen LogP contribution in [-0.4, -0.2) is 34.5 Å². The molecule has 2 unspecified atom stereocenters. The molecule has 5 heteroatoms. The molecular formula is C22H27NO4. The molecule has 2 atom stereocenters. The van der Waals surface area contributed by atoms with Gasteiger partial charge in [0.2, 0.25) is 0 Å². The molecule has 2 aliphatic rings. The molecule has 2 aliphatic heterocycles. The number of Topliss-reactive ketones (excluding diaryl/α,β-unsaturated/α-hetero) is 1. The van der Waals surface area contributed by atoms with Gasteiger partial charge in [0.15, 0.2) is 5.78 Å². The normalized spacial score (nSPS) is 25.4. The van der Waals surface area contributed by atoms with Crippen LogP contribution in [0.3, 0.4) is 0 Å². The molecule has 0 radical (unpaired) electrons. The number of carbonyl (C=O) groups excluding carboxylic acids is 2. The van der Waals surface area contributed by atoms with Crippen LogP contribution in [0, 0.1) is 5.92 Å². The Bertz CT molecular complexity index is 849. The number of para-hydroxylation sites is 1. The Morgan fingerprint density at radius 3 is 2.44 bits per heavy atom. The van der Waals surface area contributed by atoms with E-state index in [-0.39, 0.29) is 29.9 Å². The fourth-order valence-electron chi connectivity index (χ4n) is 4.60. The summed E-state index contributed by atoms with van der Waals surface area (Å²) in [5, 5.41) is 0.877. The van der Waals surface area contributed by atoms with Crippen LogP contribution < -0.4 is 0 Å². The standard InChI is InChI=1S/C22H27NO4/c1-22(2,3)27-21(25)23-15-7-6-8-16(23)12-14(11-15)20(24)18-13-26-19-10-5-4-9-17(18)19/h4-5,9-10,13-16H,6-8,11-12H2,1-3H3. The summed E-state index contributed by atoms with van der Waals surface area (Å²) in [5.74, 6) is 0.0701. The molecule has 144 valence electrons. The van der Waals surface area contributed by atoms with Crippen molar-refractivity contribution in [2.45, 2.75) is 70.6 Å². The van der Waals surface area contributed by atoms with E-state index in [4.69, 9.17) is 9.15 Å². The van der Waals surface area contributed by atoms with Crippen LogP contribution >= 0.6 is 0 Å². The van der Waals surface area contributed by atoms with E-state index in [1.165, 1.54) is 0 Å². The van der Waals surface area contributed by atoms with Gasteiger partial charge in [-0.2, -0.15) is 0 Å². The van der Waals surface area contributed by atoms with E-state index in [0.29, 0.717) is 18.4 Å². The van der Waals surface area contributed by atoms with Crippen LogP contribution in [0.15, 0.2) is 34.9 Å². The molecule has 2 fully saturated rings. The van der Waals surface area contributed by atoms with Gasteiger partial charge in [0.05, 0.1) is 5.56 Å². The predicted octanol–water partition coefficient (Wildman–Crippen LogP) is 5.18. The first kappa shape index (κ1) is 18.1. The molecule has 2 saturated heterocycles. The average Bonchev–Trinajstić information content (AvgIpc) is 3.02. The first-order valence-corrected chi connectivity index (χ1v) is 9.85. The summed E-state index contributed by atoms with van der Waals surface area (Å²) in [4.78, 5) is 27.8. The van der Waals surface area contributed by atoms with Gasteiger partial charge in [-0.15, -0.1) is 0 Å². The summed E-state index contributed by atoms with van der Waals surface area (Å²) in [6.07, 6.45) is 5.73. The third kappa shape index (κ3) is 3.47. The smallest absolute Gasteiger partial charge is 0.410 e. The summed E-state index contributed by atoms with van der Waals surface area (Å²) in [6, 6.07) is 7.81. The lowest BCUT2D eigenvalue weighted by molar-refractivity contribution is -0.0260. The van der Waals surface area contributed by atoms with Gasteiger partial charge in [-0.3, -0.25) is 4.79 Å². The van der Waals surface area contributed by atoms with E-state index in [2.05, 4.69) is 0 Å². The maximum absolute atomic E-state index is 13.2. The molecule has 3 heterocycles. The highest BCUT2D eigenvalue weighted by molar-refractivity contribution is 6.08. The van der Waals surface area contributed by atoms with Crippen molar-refractivity contribution in [3.63, 3.8) is 0 Å². The molecule has 2 bridgehead atoms. The zero-order chi connectivity index (χ0) is 19.2. The largest absolute Gasteiger partial charge is 0.464 e. The third-order valence-electron chi connectivity index (χ3n) is 5.70. The molecular weight excluding hydrogens is 342 g/mol. The summed E-state index contributed by atoms with van der Waals surface area (Å²) >= 11 is 0. The highest BCUT2D eigenvalue weighted by Gasteiger charge is 2.44. The second-order valence-electron chi connectivity index (χ2n) is 8.80.